The predicted molar refractivity (Wildman–Crippen MR) is 75.5 cm³/mol. The minimum Gasteiger partial charge on any atom is -0.481 e. The second-order valence-corrected chi connectivity index (χ2v) is 5.69. The molecule has 0 unspecified atom stereocenters. The van der Waals surface area contributed by atoms with Crippen molar-refractivity contribution in [1.29, 1.82) is 0 Å². The number of anilines is 1. The molecule has 1 fully saturated rings. The second-order valence-electron chi connectivity index (χ2n) is 5.69. The minimum absolute atomic E-state index is 0.0248. The molecular formula is C15H20N2O3. The van der Waals surface area contributed by atoms with Gasteiger partial charge in [0.15, 0.2) is 0 Å². The number of carbonyl (C=O) groups excluding carboxylic acids is 1. The number of carboxylic acid groups (broad SMARTS) is 1. The summed E-state index contributed by atoms with van der Waals surface area (Å²) in [6, 6.07) is 3.71. The Balaban J connectivity index is 2.06. The van der Waals surface area contributed by atoms with Gasteiger partial charge in [-0.3, -0.25) is 9.59 Å². The maximum absolute atomic E-state index is 12.1. The van der Waals surface area contributed by atoms with E-state index in [4.69, 9.17) is 0 Å². The van der Waals surface area contributed by atoms with Crippen molar-refractivity contribution in [2.24, 2.45) is 5.41 Å². The summed E-state index contributed by atoms with van der Waals surface area (Å²) >= 11 is 0. The monoisotopic (exact) mass is 276 g/mol. The Hall–Kier alpha value is -1.91. The average molecular weight is 276 g/mol. The molecule has 2 N–H and O–H groups in total. The van der Waals surface area contributed by atoms with Crippen LogP contribution >= 0.6 is 0 Å². The van der Waals surface area contributed by atoms with Crippen LogP contribution in [0.4, 0.5) is 5.82 Å². The van der Waals surface area contributed by atoms with Crippen LogP contribution in [-0.4, -0.2) is 22.0 Å². The molecule has 1 aromatic rings. The van der Waals surface area contributed by atoms with E-state index in [2.05, 4.69) is 10.3 Å². The maximum Gasteiger partial charge on any atom is 0.310 e. The molecule has 0 radical (unpaired) electrons. The van der Waals surface area contributed by atoms with Crippen LogP contribution in [0.3, 0.4) is 0 Å². The summed E-state index contributed by atoms with van der Waals surface area (Å²) in [7, 11) is 0. The van der Waals surface area contributed by atoms with Gasteiger partial charge in [-0.2, -0.15) is 0 Å². The summed E-state index contributed by atoms with van der Waals surface area (Å²) in [5, 5.41) is 12.1. The van der Waals surface area contributed by atoms with E-state index in [1.54, 1.807) is 6.07 Å². The van der Waals surface area contributed by atoms with E-state index in [1.807, 2.05) is 19.9 Å². The summed E-state index contributed by atoms with van der Waals surface area (Å²) < 4.78 is 0. The van der Waals surface area contributed by atoms with Crippen molar-refractivity contribution in [3.63, 3.8) is 0 Å². The molecule has 1 aromatic heterocycles. The van der Waals surface area contributed by atoms with Gasteiger partial charge in [0.1, 0.15) is 5.82 Å². The van der Waals surface area contributed by atoms with E-state index in [9.17, 15) is 14.7 Å². The molecule has 0 bridgehead atoms. The van der Waals surface area contributed by atoms with Gasteiger partial charge in [-0.05, 0) is 44.4 Å². The minimum atomic E-state index is -0.886. The van der Waals surface area contributed by atoms with Crippen LogP contribution in [0.1, 0.15) is 43.4 Å². The number of rotatable bonds is 4. The molecule has 1 heterocycles. The SMILES string of the molecule is Cc1cc(C)nc(NC(=O)CC2(C(=O)O)CCCC2)c1. The van der Waals surface area contributed by atoms with Gasteiger partial charge in [0.25, 0.3) is 0 Å². The first-order valence-electron chi connectivity index (χ1n) is 6.90. The molecule has 5 heteroatoms. The van der Waals surface area contributed by atoms with Gasteiger partial charge in [-0.15, -0.1) is 0 Å². The molecule has 1 aliphatic rings. The summed E-state index contributed by atoms with van der Waals surface area (Å²) in [6.07, 6.45) is 2.94. The van der Waals surface area contributed by atoms with Crippen molar-refractivity contribution >= 4 is 17.7 Å². The van der Waals surface area contributed by atoms with Gasteiger partial charge < -0.3 is 10.4 Å². The van der Waals surface area contributed by atoms with Gasteiger partial charge in [-0.25, -0.2) is 4.98 Å². The number of pyridine rings is 1. The number of hydrogen-bond donors (Lipinski definition) is 2. The Morgan fingerprint density at radius 1 is 1.30 bits per heavy atom. The number of amides is 1. The Morgan fingerprint density at radius 3 is 2.50 bits per heavy atom. The number of nitrogens with zero attached hydrogens (tertiary/aromatic N) is 1. The van der Waals surface area contributed by atoms with Crippen LogP contribution < -0.4 is 5.32 Å². The number of aliphatic carboxylic acids is 1. The Bertz CT molecular complexity index is 514. The highest BCUT2D eigenvalue weighted by Gasteiger charge is 2.42. The molecule has 0 atom stereocenters. The van der Waals surface area contributed by atoms with E-state index in [0.717, 1.165) is 24.1 Å². The number of carboxylic acids is 1. The zero-order chi connectivity index (χ0) is 14.8. The Labute approximate surface area is 118 Å². The quantitative estimate of drug-likeness (QED) is 0.886. The molecule has 0 aliphatic heterocycles. The van der Waals surface area contributed by atoms with E-state index in [-0.39, 0.29) is 12.3 Å². The van der Waals surface area contributed by atoms with Crippen molar-refractivity contribution in [3.05, 3.63) is 23.4 Å². The Morgan fingerprint density at radius 2 is 1.95 bits per heavy atom. The van der Waals surface area contributed by atoms with Crippen LogP contribution in [0.2, 0.25) is 0 Å². The van der Waals surface area contributed by atoms with E-state index in [0.29, 0.717) is 18.7 Å². The lowest BCUT2D eigenvalue weighted by atomic mass is 9.82. The lowest BCUT2D eigenvalue weighted by molar-refractivity contribution is -0.150. The lowest BCUT2D eigenvalue weighted by Crippen LogP contribution is -2.32. The third-order valence-corrected chi connectivity index (χ3v) is 3.88. The fourth-order valence-corrected chi connectivity index (χ4v) is 2.92. The molecule has 20 heavy (non-hydrogen) atoms. The number of carbonyl (C=O) groups is 2. The van der Waals surface area contributed by atoms with Gasteiger partial charge in [0, 0.05) is 12.1 Å². The maximum atomic E-state index is 12.1. The molecule has 2 rings (SSSR count). The smallest absolute Gasteiger partial charge is 0.310 e. The van der Waals surface area contributed by atoms with E-state index in [1.165, 1.54) is 0 Å². The molecule has 1 saturated carbocycles. The number of hydrogen-bond acceptors (Lipinski definition) is 3. The zero-order valence-corrected chi connectivity index (χ0v) is 11.9. The highest BCUT2D eigenvalue weighted by Crippen LogP contribution is 2.41. The fraction of sp³-hybridized carbons (Fsp3) is 0.533. The number of nitrogens with one attached hydrogen (secondary N) is 1. The van der Waals surface area contributed by atoms with E-state index >= 15 is 0 Å². The van der Waals surface area contributed by atoms with Crippen molar-refractivity contribution in [2.75, 3.05) is 5.32 Å². The van der Waals surface area contributed by atoms with Gasteiger partial charge in [0.2, 0.25) is 5.91 Å². The van der Waals surface area contributed by atoms with Crippen LogP contribution in [0, 0.1) is 19.3 Å². The summed E-state index contributed by atoms with van der Waals surface area (Å²) in [5.74, 6) is -0.642. The fourth-order valence-electron chi connectivity index (χ4n) is 2.92. The molecular weight excluding hydrogens is 256 g/mol. The summed E-state index contributed by atoms with van der Waals surface area (Å²) in [5.41, 5.74) is 0.957. The van der Waals surface area contributed by atoms with Gasteiger partial charge >= 0.3 is 5.97 Å². The summed E-state index contributed by atoms with van der Waals surface area (Å²) in [4.78, 5) is 27.7. The molecule has 0 aromatic carbocycles. The van der Waals surface area contributed by atoms with Crippen molar-refractivity contribution in [2.45, 2.75) is 46.0 Å². The first-order valence-corrected chi connectivity index (χ1v) is 6.90. The Kier molecular flexibility index (Phi) is 4.06. The van der Waals surface area contributed by atoms with Crippen LogP contribution in [-0.2, 0) is 9.59 Å². The third kappa shape index (κ3) is 3.15. The van der Waals surface area contributed by atoms with Crippen molar-refractivity contribution in [1.82, 2.24) is 4.98 Å². The number of aromatic nitrogens is 1. The molecule has 0 saturated heterocycles. The van der Waals surface area contributed by atoms with Crippen molar-refractivity contribution < 1.29 is 14.7 Å². The highest BCUT2D eigenvalue weighted by atomic mass is 16.4. The first kappa shape index (κ1) is 14.5. The number of aryl methyl sites for hydroxylation is 2. The topological polar surface area (TPSA) is 79.3 Å². The zero-order valence-electron chi connectivity index (χ0n) is 11.9. The van der Waals surface area contributed by atoms with Crippen molar-refractivity contribution in [3.8, 4) is 0 Å². The first-order chi connectivity index (χ1) is 9.41. The molecule has 108 valence electrons. The lowest BCUT2D eigenvalue weighted by Gasteiger charge is -2.22. The van der Waals surface area contributed by atoms with E-state index < -0.39 is 11.4 Å². The second kappa shape index (κ2) is 5.61. The molecule has 5 nitrogen and oxygen atoms in total. The standard InChI is InChI=1S/C15H20N2O3/c1-10-7-11(2)16-12(8-10)17-13(18)9-15(14(19)20)5-3-4-6-15/h7-8H,3-6,9H2,1-2H3,(H,19,20)(H,16,17,18). The predicted octanol–water partition coefficient (Wildman–Crippen LogP) is 2.67. The van der Waals surface area contributed by atoms with Crippen LogP contribution in [0.25, 0.3) is 0 Å². The van der Waals surface area contributed by atoms with Gasteiger partial charge in [0.05, 0.1) is 5.41 Å². The normalized spacial score (nSPS) is 16.9. The van der Waals surface area contributed by atoms with Crippen LogP contribution in [0.15, 0.2) is 12.1 Å². The molecule has 1 amide bonds. The van der Waals surface area contributed by atoms with Gasteiger partial charge in [-0.1, -0.05) is 12.8 Å². The third-order valence-electron chi connectivity index (χ3n) is 3.88. The largest absolute Gasteiger partial charge is 0.481 e. The highest BCUT2D eigenvalue weighted by molar-refractivity contribution is 5.93. The molecule has 0 spiro atoms. The average Bonchev–Trinajstić information content (AvgIpc) is 2.76. The van der Waals surface area contributed by atoms with Crippen LogP contribution in [0.5, 0.6) is 0 Å². The molecule has 1 aliphatic carbocycles. The summed E-state index contributed by atoms with van der Waals surface area (Å²) in [6.45, 7) is 3.79.